The molecule has 0 atom stereocenters. The van der Waals surface area contributed by atoms with Crippen molar-refractivity contribution in [1.82, 2.24) is 4.98 Å². The van der Waals surface area contributed by atoms with E-state index >= 15 is 0 Å². The molecule has 0 aliphatic rings. The first kappa shape index (κ1) is 11.1. The average molecular weight is 233 g/mol. The van der Waals surface area contributed by atoms with E-state index in [9.17, 15) is 10.1 Å². The molecule has 6 nitrogen and oxygen atoms in total. The Balaban J connectivity index is 2.19. The van der Waals surface area contributed by atoms with Crippen LogP contribution in [-0.2, 0) is 6.54 Å². The van der Waals surface area contributed by atoms with Gasteiger partial charge in [-0.05, 0) is 19.1 Å². The van der Waals surface area contributed by atoms with E-state index in [2.05, 4.69) is 10.3 Å². The van der Waals surface area contributed by atoms with Crippen molar-refractivity contribution >= 4 is 11.5 Å². The molecule has 17 heavy (non-hydrogen) atoms. The van der Waals surface area contributed by atoms with Crippen molar-refractivity contribution < 1.29 is 9.34 Å². The van der Waals surface area contributed by atoms with Gasteiger partial charge in [-0.25, -0.2) is 4.98 Å². The molecule has 0 radical (unpaired) electrons. The van der Waals surface area contributed by atoms with Crippen LogP contribution in [0.5, 0.6) is 0 Å². The van der Waals surface area contributed by atoms with Crippen LogP contribution < -0.4 is 5.32 Å². The Hall–Kier alpha value is -2.37. The summed E-state index contributed by atoms with van der Waals surface area (Å²) in [4.78, 5) is 14.5. The molecule has 2 heterocycles. The van der Waals surface area contributed by atoms with Gasteiger partial charge in [0.15, 0.2) is 0 Å². The van der Waals surface area contributed by atoms with E-state index in [4.69, 9.17) is 4.42 Å². The van der Waals surface area contributed by atoms with Gasteiger partial charge in [-0.2, -0.15) is 0 Å². The molecule has 0 aliphatic carbocycles. The Morgan fingerprint density at radius 2 is 2.29 bits per heavy atom. The lowest BCUT2D eigenvalue weighted by atomic mass is 10.3. The summed E-state index contributed by atoms with van der Waals surface area (Å²) in [6.07, 6.45) is 3.13. The number of aromatic nitrogens is 1. The molecule has 88 valence electrons. The van der Waals surface area contributed by atoms with Crippen LogP contribution in [0.4, 0.5) is 11.5 Å². The van der Waals surface area contributed by atoms with Crippen molar-refractivity contribution in [3.05, 3.63) is 52.1 Å². The molecule has 0 fully saturated rings. The number of nitro groups is 1. The molecule has 2 aromatic heterocycles. The summed E-state index contributed by atoms with van der Waals surface area (Å²) in [5.74, 6) is 0.274. The van der Waals surface area contributed by atoms with Crippen LogP contribution in [0.25, 0.3) is 0 Å². The Labute approximate surface area is 97.4 Å². The molecule has 0 aromatic carbocycles. The van der Waals surface area contributed by atoms with Crippen LogP contribution in [0.2, 0.25) is 0 Å². The molecule has 0 bridgehead atoms. The molecule has 0 saturated heterocycles. The molecule has 2 rings (SSSR count). The summed E-state index contributed by atoms with van der Waals surface area (Å²) in [6.45, 7) is 2.22. The van der Waals surface area contributed by atoms with E-state index in [-0.39, 0.29) is 11.5 Å². The van der Waals surface area contributed by atoms with Gasteiger partial charge in [-0.1, -0.05) is 0 Å². The number of hydrogen-bond donors (Lipinski definition) is 1. The molecule has 6 heteroatoms. The van der Waals surface area contributed by atoms with E-state index in [1.165, 1.54) is 6.07 Å². The van der Waals surface area contributed by atoms with Crippen molar-refractivity contribution in [3.8, 4) is 0 Å². The maximum absolute atomic E-state index is 10.8. The Bertz CT molecular complexity index is 523. The summed E-state index contributed by atoms with van der Waals surface area (Å²) in [7, 11) is 0. The average Bonchev–Trinajstić information content (AvgIpc) is 2.78. The summed E-state index contributed by atoms with van der Waals surface area (Å²) in [6, 6.07) is 4.84. The predicted molar refractivity (Wildman–Crippen MR) is 61.7 cm³/mol. The maximum Gasteiger partial charge on any atom is 0.311 e. The molecular weight excluding hydrogens is 222 g/mol. The molecule has 0 aliphatic heterocycles. The highest BCUT2D eigenvalue weighted by Crippen LogP contribution is 2.22. The van der Waals surface area contributed by atoms with Crippen LogP contribution in [0.15, 0.2) is 35.1 Å². The molecule has 2 aromatic rings. The van der Waals surface area contributed by atoms with Crippen molar-refractivity contribution in [1.29, 1.82) is 0 Å². The van der Waals surface area contributed by atoms with E-state index < -0.39 is 4.92 Å². The lowest BCUT2D eigenvalue weighted by Gasteiger charge is -2.05. The summed E-state index contributed by atoms with van der Waals surface area (Å²) in [5, 5.41) is 13.7. The van der Waals surface area contributed by atoms with Crippen LogP contribution in [0, 0.1) is 17.0 Å². The number of pyridine rings is 1. The zero-order valence-electron chi connectivity index (χ0n) is 9.21. The number of rotatable bonds is 4. The van der Waals surface area contributed by atoms with E-state index in [1.54, 1.807) is 31.6 Å². The van der Waals surface area contributed by atoms with Crippen molar-refractivity contribution in [2.45, 2.75) is 13.5 Å². The third kappa shape index (κ3) is 2.60. The lowest BCUT2D eigenvalue weighted by molar-refractivity contribution is -0.384. The first-order valence-electron chi connectivity index (χ1n) is 5.04. The Morgan fingerprint density at radius 1 is 1.47 bits per heavy atom. The monoisotopic (exact) mass is 233 g/mol. The summed E-state index contributed by atoms with van der Waals surface area (Å²) in [5.41, 5.74) is 1.60. The standard InChI is InChI=1S/C11H11N3O3/c1-8-2-3-10(14(15)16)11(13-8)12-6-9-4-5-17-7-9/h2-5,7H,6H2,1H3,(H,12,13). The maximum atomic E-state index is 10.8. The minimum Gasteiger partial charge on any atom is -0.472 e. The second-order valence-corrected chi connectivity index (χ2v) is 3.56. The van der Waals surface area contributed by atoms with Crippen LogP contribution in [-0.4, -0.2) is 9.91 Å². The SMILES string of the molecule is Cc1ccc([N+](=O)[O-])c(NCc2ccoc2)n1. The van der Waals surface area contributed by atoms with Gasteiger partial charge < -0.3 is 9.73 Å². The predicted octanol–water partition coefficient (Wildman–Crippen LogP) is 2.50. The van der Waals surface area contributed by atoms with E-state index in [0.717, 1.165) is 11.3 Å². The number of nitrogens with one attached hydrogen (secondary N) is 1. The molecule has 0 saturated carbocycles. The summed E-state index contributed by atoms with van der Waals surface area (Å²) >= 11 is 0. The van der Waals surface area contributed by atoms with Crippen LogP contribution in [0.3, 0.4) is 0 Å². The minimum absolute atomic E-state index is 0.0286. The molecular formula is C11H11N3O3. The van der Waals surface area contributed by atoms with Gasteiger partial charge in [0.25, 0.3) is 0 Å². The highest BCUT2D eigenvalue weighted by atomic mass is 16.6. The molecule has 0 unspecified atom stereocenters. The third-order valence-electron chi connectivity index (χ3n) is 2.25. The normalized spacial score (nSPS) is 10.2. The fraction of sp³-hybridized carbons (Fsp3) is 0.182. The smallest absolute Gasteiger partial charge is 0.311 e. The number of aryl methyl sites for hydroxylation is 1. The van der Waals surface area contributed by atoms with Crippen molar-refractivity contribution in [3.63, 3.8) is 0 Å². The zero-order chi connectivity index (χ0) is 12.3. The number of nitrogens with zero attached hydrogens (tertiary/aromatic N) is 2. The third-order valence-corrected chi connectivity index (χ3v) is 2.25. The first-order chi connectivity index (χ1) is 8.16. The quantitative estimate of drug-likeness (QED) is 0.648. The summed E-state index contributed by atoms with van der Waals surface area (Å²) < 4.78 is 4.91. The fourth-order valence-corrected chi connectivity index (χ4v) is 1.41. The van der Waals surface area contributed by atoms with Gasteiger partial charge in [0.1, 0.15) is 0 Å². The van der Waals surface area contributed by atoms with Gasteiger partial charge in [0.05, 0.1) is 17.4 Å². The van der Waals surface area contributed by atoms with Crippen LogP contribution >= 0.6 is 0 Å². The topological polar surface area (TPSA) is 81.2 Å². The number of hydrogen-bond acceptors (Lipinski definition) is 5. The molecule has 0 spiro atoms. The van der Waals surface area contributed by atoms with Crippen molar-refractivity contribution in [2.24, 2.45) is 0 Å². The van der Waals surface area contributed by atoms with E-state index in [1.807, 2.05) is 0 Å². The fourth-order valence-electron chi connectivity index (χ4n) is 1.41. The Morgan fingerprint density at radius 3 is 2.94 bits per heavy atom. The van der Waals surface area contributed by atoms with Gasteiger partial charge >= 0.3 is 5.69 Å². The molecule has 1 N–H and O–H groups in total. The first-order valence-corrected chi connectivity index (χ1v) is 5.04. The van der Waals surface area contributed by atoms with Gasteiger partial charge in [-0.3, -0.25) is 10.1 Å². The number of anilines is 1. The van der Waals surface area contributed by atoms with Gasteiger partial charge in [-0.15, -0.1) is 0 Å². The lowest BCUT2D eigenvalue weighted by Crippen LogP contribution is -2.04. The second-order valence-electron chi connectivity index (χ2n) is 3.56. The second kappa shape index (κ2) is 4.65. The zero-order valence-corrected chi connectivity index (χ0v) is 9.21. The van der Waals surface area contributed by atoms with Crippen LogP contribution in [0.1, 0.15) is 11.3 Å². The van der Waals surface area contributed by atoms with E-state index in [0.29, 0.717) is 6.54 Å². The minimum atomic E-state index is -0.454. The molecule has 0 amide bonds. The van der Waals surface area contributed by atoms with Gasteiger partial charge in [0.2, 0.25) is 5.82 Å². The van der Waals surface area contributed by atoms with Crippen molar-refractivity contribution in [2.75, 3.05) is 5.32 Å². The highest BCUT2D eigenvalue weighted by molar-refractivity contribution is 5.56. The highest BCUT2D eigenvalue weighted by Gasteiger charge is 2.14. The Kier molecular flexibility index (Phi) is 3.04. The number of furan rings is 1. The largest absolute Gasteiger partial charge is 0.472 e. The van der Waals surface area contributed by atoms with Gasteiger partial charge in [0, 0.05) is 23.9 Å².